The zero-order valence-electron chi connectivity index (χ0n) is 25.0. The average Bonchev–Trinajstić information content (AvgIpc) is 3.33. The van der Waals surface area contributed by atoms with Gasteiger partial charge in [-0.1, -0.05) is 45.9 Å². The van der Waals surface area contributed by atoms with Crippen LogP contribution in [0.25, 0.3) is 11.1 Å². The Bertz CT molecular complexity index is 1390. The third kappa shape index (κ3) is 4.34. The average molecular weight is 509 g/mol. The van der Waals surface area contributed by atoms with Gasteiger partial charge in [-0.25, -0.2) is 0 Å². The Kier molecular flexibility index (Phi) is 6.71. The van der Waals surface area contributed by atoms with Crippen molar-refractivity contribution in [2.75, 3.05) is 42.1 Å². The summed E-state index contributed by atoms with van der Waals surface area (Å²) in [7, 11) is 4.39. The van der Waals surface area contributed by atoms with E-state index in [-0.39, 0.29) is 0 Å². The Balaban J connectivity index is 1.76. The van der Waals surface area contributed by atoms with Gasteiger partial charge in [0.2, 0.25) is 0 Å². The topological polar surface area (TPSA) is 13.0 Å². The summed E-state index contributed by atoms with van der Waals surface area (Å²) in [5.41, 5.74) is 16.0. The number of nitrogens with zero attached hydrogens (tertiary/aromatic N) is 4. The number of aryl methyl sites for hydroxylation is 2. The molecule has 200 valence electrons. The molecule has 0 N–H and O–H groups in total. The quantitative estimate of drug-likeness (QED) is 0.341. The van der Waals surface area contributed by atoms with Gasteiger partial charge in [-0.2, -0.15) is 0 Å². The van der Waals surface area contributed by atoms with E-state index in [9.17, 15) is 0 Å². The molecule has 0 amide bonds. The molecule has 0 bridgehead atoms. The third-order valence-corrected chi connectivity index (χ3v) is 8.69. The fourth-order valence-corrected chi connectivity index (χ4v) is 6.00. The van der Waals surface area contributed by atoms with Crippen LogP contribution in [0.3, 0.4) is 0 Å². The van der Waals surface area contributed by atoms with Crippen molar-refractivity contribution in [1.82, 2.24) is 4.90 Å². The van der Waals surface area contributed by atoms with Crippen molar-refractivity contribution in [3.8, 4) is 11.1 Å². The lowest BCUT2D eigenvalue weighted by Gasteiger charge is -2.28. The first-order chi connectivity index (χ1) is 18.0. The van der Waals surface area contributed by atoms with Gasteiger partial charge in [-0.15, -0.1) is 0 Å². The van der Waals surface area contributed by atoms with Crippen molar-refractivity contribution in [3.63, 3.8) is 0 Å². The van der Waals surface area contributed by atoms with Crippen LogP contribution in [-0.2, 0) is 0 Å². The van der Waals surface area contributed by atoms with Crippen LogP contribution in [-0.4, -0.2) is 32.3 Å². The molecule has 2 heterocycles. The van der Waals surface area contributed by atoms with E-state index in [1.54, 1.807) is 0 Å². The van der Waals surface area contributed by atoms with Crippen LogP contribution in [0.15, 0.2) is 59.9 Å². The number of benzene rings is 3. The second-order valence-electron chi connectivity index (χ2n) is 12.0. The molecule has 0 unspecified atom stereocenters. The Labute approximate surface area is 230 Å². The fourth-order valence-electron chi connectivity index (χ4n) is 6.00. The molecule has 38 heavy (non-hydrogen) atoms. The first kappa shape index (κ1) is 26.2. The van der Waals surface area contributed by atoms with E-state index in [1.165, 1.54) is 67.5 Å². The largest absolute Gasteiger partial charge is 0.359 e. The number of fused-ring (bicyclic) bond motifs is 1. The number of allylic oxidation sites excluding steroid dienone is 2. The molecule has 2 aliphatic heterocycles. The third-order valence-electron chi connectivity index (χ3n) is 8.69. The van der Waals surface area contributed by atoms with E-state index in [2.05, 4.69) is 138 Å². The summed E-state index contributed by atoms with van der Waals surface area (Å²) >= 11 is 0. The van der Waals surface area contributed by atoms with E-state index in [4.69, 9.17) is 0 Å². The molecule has 0 saturated heterocycles. The summed E-state index contributed by atoms with van der Waals surface area (Å²) in [4.78, 5) is 9.67. The minimum absolute atomic E-state index is 0.446. The molecule has 0 radical (unpaired) electrons. The molecular weight excluding hydrogens is 464 g/mol. The molecule has 5 rings (SSSR count). The molecule has 0 aliphatic carbocycles. The minimum Gasteiger partial charge on any atom is -0.359 e. The first-order valence-electron chi connectivity index (χ1n) is 14.0. The highest BCUT2D eigenvalue weighted by Crippen LogP contribution is 2.46. The molecule has 0 saturated carbocycles. The number of rotatable bonds is 5. The van der Waals surface area contributed by atoms with Gasteiger partial charge in [0, 0.05) is 36.9 Å². The van der Waals surface area contributed by atoms with Crippen LogP contribution in [0, 0.1) is 13.8 Å². The summed E-state index contributed by atoms with van der Waals surface area (Å²) in [6.07, 6.45) is 0. The number of anilines is 4. The molecule has 0 spiro atoms. The standard InChI is InChI=1S/C34H44N4/c1-21(2)30-12-11-13-31(22(3)4)34(30)27-16-28(37-19-35(9)25(7)26(37)8)18-29(17-27)38-20-36(10)32-14-23(5)24(6)15-33(32)38/h11-18,21-22H,19-20H2,1-10H3. The van der Waals surface area contributed by atoms with Crippen LogP contribution >= 0.6 is 0 Å². The molecular formula is C34H44N4. The summed E-state index contributed by atoms with van der Waals surface area (Å²) in [5, 5.41) is 0. The lowest BCUT2D eigenvalue weighted by molar-refractivity contribution is 0.460. The van der Waals surface area contributed by atoms with E-state index < -0.39 is 0 Å². The predicted octanol–water partition coefficient (Wildman–Crippen LogP) is 8.72. The van der Waals surface area contributed by atoms with E-state index in [0.29, 0.717) is 11.8 Å². The maximum absolute atomic E-state index is 2.49. The molecule has 0 atom stereocenters. The Morgan fingerprint density at radius 3 is 1.66 bits per heavy atom. The van der Waals surface area contributed by atoms with Crippen LogP contribution < -0.4 is 14.7 Å². The van der Waals surface area contributed by atoms with Gasteiger partial charge in [0.1, 0.15) is 0 Å². The molecule has 3 aromatic rings. The van der Waals surface area contributed by atoms with Gasteiger partial charge in [0.25, 0.3) is 0 Å². The van der Waals surface area contributed by atoms with Crippen molar-refractivity contribution in [2.24, 2.45) is 0 Å². The van der Waals surface area contributed by atoms with Crippen molar-refractivity contribution >= 4 is 22.7 Å². The van der Waals surface area contributed by atoms with Crippen LogP contribution in [0.1, 0.15) is 75.6 Å². The zero-order valence-corrected chi connectivity index (χ0v) is 25.0. The summed E-state index contributed by atoms with van der Waals surface area (Å²) in [6, 6.07) is 18.8. The second kappa shape index (κ2) is 9.72. The molecule has 2 aliphatic rings. The highest BCUT2D eigenvalue weighted by Gasteiger charge is 2.29. The van der Waals surface area contributed by atoms with Crippen molar-refractivity contribution in [3.05, 3.63) is 82.2 Å². The van der Waals surface area contributed by atoms with E-state index in [1.807, 2.05) is 0 Å². The molecule has 0 fully saturated rings. The molecule has 4 nitrogen and oxygen atoms in total. The van der Waals surface area contributed by atoms with Gasteiger partial charge in [-0.3, -0.25) is 0 Å². The Morgan fingerprint density at radius 1 is 0.605 bits per heavy atom. The first-order valence-corrected chi connectivity index (χ1v) is 14.0. The maximum Gasteiger partial charge on any atom is 0.0950 e. The van der Waals surface area contributed by atoms with Crippen molar-refractivity contribution < 1.29 is 0 Å². The SMILES string of the molecule is CC1=C(C)N(c2cc(-c3c(C(C)C)cccc3C(C)C)cc(N3CN(C)c4cc(C)c(C)cc43)c2)CN1C. The highest BCUT2D eigenvalue weighted by molar-refractivity contribution is 5.87. The normalized spacial score (nSPS) is 15.6. The lowest BCUT2D eigenvalue weighted by atomic mass is 9.84. The van der Waals surface area contributed by atoms with Crippen LogP contribution in [0.5, 0.6) is 0 Å². The monoisotopic (exact) mass is 508 g/mol. The predicted molar refractivity (Wildman–Crippen MR) is 165 cm³/mol. The molecule has 3 aromatic carbocycles. The molecule has 4 heteroatoms. The zero-order chi connectivity index (χ0) is 27.5. The lowest BCUT2D eigenvalue weighted by Crippen LogP contribution is -2.26. The van der Waals surface area contributed by atoms with E-state index in [0.717, 1.165) is 13.3 Å². The van der Waals surface area contributed by atoms with E-state index >= 15 is 0 Å². The van der Waals surface area contributed by atoms with Crippen molar-refractivity contribution in [1.29, 1.82) is 0 Å². The van der Waals surface area contributed by atoms with Gasteiger partial charge in [0.15, 0.2) is 0 Å². The number of hydrogen-bond donors (Lipinski definition) is 0. The Hall–Kier alpha value is -3.40. The fraction of sp³-hybridized carbons (Fsp3) is 0.412. The summed E-state index contributed by atoms with van der Waals surface area (Å²) < 4.78 is 0. The summed E-state index contributed by atoms with van der Waals surface area (Å²) in [5.74, 6) is 0.892. The molecule has 0 aromatic heterocycles. The minimum atomic E-state index is 0.446. The second-order valence-corrected chi connectivity index (χ2v) is 12.0. The van der Waals surface area contributed by atoms with Gasteiger partial charge >= 0.3 is 0 Å². The van der Waals surface area contributed by atoms with Gasteiger partial charge in [0.05, 0.1) is 24.7 Å². The summed E-state index contributed by atoms with van der Waals surface area (Å²) in [6.45, 7) is 19.9. The van der Waals surface area contributed by atoms with Crippen molar-refractivity contribution in [2.45, 2.75) is 67.2 Å². The number of hydrogen-bond acceptors (Lipinski definition) is 4. The maximum atomic E-state index is 2.49. The Morgan fingerprint density at radius 2 is 1.13 bits per heavy atom. The highest BCUT2D eigenvalue weighted by atomic mass is 15.4. The smallest absolute Gasteiger partial charge is 0.0950 e. The van der Waals surface area contributed by atoms with Crippen LogP contribution in [0.2, 0.25) is 0 Å². The van der Waals surface area contributed by atoms with Gasteiger partial charge in [-0.05, 0) is 103 Å². The van der Waals surface area contributed by atoms with Crippen LogP contribution in [0.4, 0.5) is 22.7 Å². The van der Waals surface area contributed by atoms with Gasteiger partial charge < -0.3 is 19.6 Å².